The Bertz CT molecular complexity index is 469. The maximum atomic E-state index is 5.08. The first-order valence-electron chi connectivity index (χ1n) is 4.72. The molecule has 0 radical (unpaired) electrons. The van der Waals surface area contributed by atoms with Gasteiger partial charge in [-0.3, -0.25) is 4.98 Å². The highest BCUT2D eigenvalue weighted by atomic mass is 16.5. The number of ether oxygens (including phenoxy) is 1. The Morgan fingerprint density at radius 3 is 2.33 bits per heavy atom. The number of pyridine rings is 2. The molecule has 0 aliphatic carbocycles. The summed E-state index contributed by atoms with van der Waals surface area (Å²) in [7, 11) is 1.61. The van der Waals surface area contributed by atoms with Crippen molar-refractivity contribution in [2.45, 2.75) is 6.92 Å². The molecule has 0 bridgehead atoms. The predicted octanol–water partition coefficient (Wildman–Crippen LogP) is 2.46. The Balaban J connectivity index is 2.44. The topological polar surface area (TPSA) is 35.0 Å². The SMILES string of the molecule is COc1cc(-c2ccnc(C)c2)ccn1. The minimum absolute atomic E-state index is 0.627. The second-order valence-electron chi connectivity index (χ2n) is 3.27. The van der Waals surface area contributed by atoms with Gasteiger partial charge in [0.05, 0.1) is 7.11 Å². The highest BCUT2D eigenvalue weighted by Gasteiger charge is 2.00. The molecule has 0 fully saturated rings. The predicted molar refractivity (Wildman–Crippen MR) is 58.8 cm³/mol. The van der Waals surface area contributed by atoms with Crippen LogP contribution < -0.4 is 4.74 Å². The molecule has 0 aromatic carbocycles. The highest BCUT2D eigenvalue weighted by Crippen LogP contribution is 2.21. The van der Waals surface area contributed by atoms with E-state index in [0.29, 0.717) is 5.88 Å². The maximum absolute atomic E-state index is 5.08. The number of hydrogen-bond acceptors (Lipinski definition) is 3. The van der Waals surface area contributed by atoms with E-state index >= 15 is 0 Å². The van der Waals surface area contributed by atoms with Crippen molar-refractivity contribution in [3.63, 3.8) is 0 Å². The molecule has 76 valence electrons. The summed E-state index contributed by atoms with van der Waals surface area (Å²) in [5.41, 5.74) is 3.22. The van der Waals surface area contributed by atoms with Crippen LogP contribution in [0.5, 0.6) is 5.88 Å². The van der Waals surface area contributed by atoms with Crippen LogP contribution in [0.4, 0.5) is 0 Å². The minimum atomic E-state index is 0.627. The summed E-state index contributed by atoms with van der Waals surface area (Å²) in [6.07, 6.45) is 3.54. The number of rotatable bonds is 2. The van der Waals surface area contributed by atoms with Gasteiger partial charge in [0, 0.05) is 24.2 Å². The third-order valence-corrected chi connectivity index (χ3v) is 2.17. The van der Waals surface area contributed by atoms with Gasteiger partial charge in [0.1, 0.15) is 0 Å². The first kappa shape index (κ1) is 9.65. The first-order chi connectivity index (χ1) is 7.29. The first-order valence-corrected chi connectivity index (χ1v) is 4.72. The van der Waals surface area contributed by atoms with Crippen molar-refractivity contribution in [2.24, 2.45) is 0 Å². The van der Waals surface area contributed by atoms with Gasteiger partial charge in [0.2, 0.25) is 5.88 Å². The van der Waals surface area contributed by atoms with Gasteiger partial charge in [-0.1, -0.05) is 0 Å². The molecule has 3 nitrogen and oxygen atoms in total. The molecule has 0 spiro atoms. The van der Waals surface area contributed by atoms with E-state index in [1.165, 1.54) is 0 Å². The maximum Gasteiger partial charge on any atom is 0.213 e. The molecule has 0 saturated heterocycles. The van der Waals surface area contributed by atoms with Gasteiger partial charge >= 0.3 is 0 Å². The normalized spacial score (nSPS) is 10.0. The Hall–Kier alpha value is -1.90. The van der Waals surface area contributed by atoms with Crippen LogP contribution in [-0.4, -0.2) is 17.1 Å². The second kappa shape index (κ2) is 4.09. The summed E-state index contributed by atoms with van der Waals surface area (Å²) >= 11 is 0. The summed E-state index contributed by atoms with van der Waals surface area (Å²) in [4.78, 5) is 8.23. The molecule has 2 rings (SSSR count). The molecule has 2 aromatic heterocycles. The fraction of sp³-hybridized carbons (Fsp3) is 0.167. The zero-order valence-corrected chi connectivity index (χ0v) is 8.77. The molecule has 0 aliphatic rings. The van der Waals surface area contributed by atoms with Crippen LogP contribution in [0.2, 0.25) is 0 Å². The van der Waals surface area contributed by atoms with Crippen LogP contribution in [0.15, 0.2) is 36.7 Å². The Kier molecular flexibility index (Phi) is 2.63. The Morgan fingerprint density at radius 2 is 1.67 bits per heavy atom. The lowest BCUT2D eigenvalue weighted by Gasteiger charge is -2.04. The summed E-state index contributed by atoms with van der Waals surface area (Å²) in [6, 6.07) is 7.88. The van der Waals surface area contributed by atoms with Gasteiger partial charge in [-0.15, -0.1) is 0 Å². The number of aryl methyl sites for hydroxylation is 1. The number of nitrogens with zero attached hydrogens (tertiary/aromatic N) is 2. The monoisotopic (exact) mass is 200 g/mol. The lowest BCUT2D eigenvalue weighted by Crippen LogP contribution is -1.88. The van der Waals surface area contributed by atoms with Gasteiger partial charge in [0.25, 0.3) is 0 Å². The van der Waals surface area contributed by atoms with Gasteiger partial charge in [0.15, 0.2) is 0 Å². The summed E-state index contributed by atoms with van der Waals surface area (Å²) < 4.78 is 5.08. The molecule has 3 heteroatoms. The second-order valence-corrected chi connectivity index (χ2v) is 3.27. The van der Waals surface area contributed by atoms with E-state index in [2.05, 4.69) is 9.97 Å². The summed E-state index contributed by atoms with van der Waals surface area (Å²) in [5.74, 6) is 0.627. The van der Waals surface area contributed by atoms with Crippen molar-refractivity contribution < 1.29 is 4.74 Å². The molecule has 0 N–H and O–H groups in total. The quantitative estimate of drug-likeness (QED) is 0.747. The van der Waals surface area contributed by atoms with Gasteiger partial charge in [-0.2, -0.15) is 0 Å². The van der Waals surface area contributed by atoms with E-state index < -0.39 is 0 Å². The lowest BCUT2D eigenvalue weighted by atomic mass is 10.1. The molecule has 0 saturated carbocycles. The molecule has 15 heavy (non-hydrogen) atoms. The average Bonchev–Trinajstić information content (AvgIpc) is 2.29. The van der Waals surface area contributed by atoms with E-state index in [0.717, 1.165) is 16.8 Å². The van der Waals surface area contributed by atoms with E-state index in [4.69, 9.17) is 4.74 Å². The fourth-order valence-corrected chi connectivity index (χ4v) is 1.43. The van der Waals surface area contributed by atoms with E-state index in [1.54, 1.807) is 19.5 Å². The average molecular weight is 200 g/mol. The van der Waals surface area contributed by atoms with Gasteiger partial charge < -0.3 is 4.74 Å². The molecule has 0 aliphatic heterocycles. The highest BCUT2D eigenvalue weighted by molar-refractivity contribution is 5.63. The van der Waals surface area contributed by atoms with Gasteiger partial charge in [-0.25, -0.2) is 4.98 Å². The van der Waals surface area contributed by atoms with E-state index in [1.807, 2.05) is 31.2 Å². The van der Waals surface area contributed by atoms with Crippen LogP contribution in [0.3, 0.4) is 0 Å². The fourth-order valence-electron chi connectivity index (χ4n) is 1.43. The molecule has 0 amide bonds. The Morgan fingerprint density at radius 1 is 1.00 bits per heavy atom. The molecular weight excluding hydrogens is 188 g/mol. The molecule has 0 atom stereocenters. The largest absolute Gasteiger partial charge is 0.481 e. The zero-order chi connectivity index (χ0) is 10.7. The number of aromatic nitrogens is 2. The van der Waals surface area contributed by atoms with Crippen LogP contribution >= 0.6 is 0 Å². The summed E-state index contributed by atoms with van der Waals surface area (Å²) in [5, 5.41) is 0. The molecular formula is C12H12N2O. The van der Waals surface area contributed by atoms with Crippen LogP contribution in [0, 0.1) is 6.92 Å². The molecule has 0 unspecified atom stereocenters. The van der Waals surface area contributed by atoms with Crippen LogP contribution in [0.25, 0.3) is 11.1 Å². The molecule has 2 heterocycles. The third-order valence-electron chi connectivity index (χ3n) is 2.17. The molecule has 2 aromatic rings. The third kappa shape index (κ3) is 2.13. The van der Waals surface area contributed by atoms with Gasteiger partial charge in [-0.05, 0) is 36.2 Å². The summed E-state index contributed by atoms with van der Waals surface area (Å²) in [6.45, 7) is 1.97. The zero-order valence-electron chi connectivity index (χ0n) is 8.77. The number of methoxy groups -OCH3 is 1. The van der Waals surface area contributed by atoms with Crippen molar-refractivity contribution in [2.75, 3.05) is 7.11 Å². The number of hydrogen-bond donors (Lipinski definition) is 0. The van der Waals surface area contributed by atoms with E-state index in [-0.39, 0.29) is 0 Å². The van der Waals surface area contributed by atoms with Crippen molar-refractivity contribution in [3.8, 4) is 17.0 Å². The Labute approximate surface area is 88.8 Å². The minimum Gasteiger partial charge on any atom is -0.481 e. The van der Waals surface area contributed by atoms with Crippen LogP contribution in [0.1, 0.15) is 5.69 Å². The van der Waals surface area contributed by atoms with Crippen LogP contribution in [-0.2, 0) is 0 Å². The van der Waals surface area contributed by atoms with Crippen molar-refractivity contribution >= 4 is 0 Å². The van der Waals surface area contributed by atoms with Crippen molar-refractivity contribution in [1.82, 2.24) is 9.97 Å². The smallest absolute Gasteiger partial charge is 0.213 e. The van der Waals surface area contributed by atoms with E-state index in [9.17, 15) is 0 Å². The standard InChI is InChI=1S/C12H12N2O/c1-9-7-10(3-5-13-9)11-4-6-14-12(8-11)15-2/h3-8H,1-2H3. The van der Waals surface area contributed by atoms with Crippen molar-refractivity contribution in [3.05, 3.63) is 42.4 Å². The van der Waals surface area contributed by atoms with Crippen molar-refractivity contribution in [1.29, 1.82) is 0 Å². The lowest BCUT2D eigenvalue weighted by molar-refractivity contribution is 0.398.